The quantitative estimate of drug-likeness (QED) is 0.852. The van der Waals surface area contributed by atoms with Crippen molar-refractivity contribution in [2.75, 3.05) is 6.54 Å². The van der Waals surface area contributed by atoms with E-state index in [1.165, 1.54) is 0 Å². The Morgan fingerprint density at radius 3 is 2.85 bits per heavy atom. The van der Waals surface area contributed by atoms with E-state index in [9.17, 15) is 9.90 Å². The number of carbonyl (C=O) groups is 1. The standard InChI is InChI=1S/C15H17ClN2O2/c1-3-15(2,20)9-17-14(19)11-8-13(16)18-12-7-5-4-6-10(11)12/h4-8,20H,3,9H2,1-2H3,(H,17,19). The van der Waals surface area contributed by atoms with E-state index in [2.05, 4.69) is 10.3 Å². The Labute approximate surface area is 122 Å². The lowest BCUT2D eigenvalue weighted by molar-refractivity contribution is 0.0519. The smallest absolute Gasteiger partial charge is 0.252 e. The van der Waals surface area contributed by atoms with E-state index in [0.717, 1.165) is 5.39 Å². The van der Waals surface area contributed by atoms with Crippen LogP contribution in [0.25, 0.3) is 10.9 Å². The molecule has 0 radical (unpaired) electrons. The molecule has 0 saturated carbocycles. The molecule has 1 heterocycles. The minimum absolute atomic E-state index is 0.191. The van der Waals surface area contributed by atoms with Crippen LogP contribution in [0, 0.1) is 0 Å². The van der Waals surface area contributed by atoms with Crippen molar-refractivity contribution in [3.8, 4) is 0 Å². The summed E-state index contributed by atoms with van der Waals surface area (Å²) in [4.78, 5) is 16.4. The number of aromatic nitrogens is 1. The number of hydrogen-bond acceptors (Lipinski definition) is 3. The number of aliphatic hydroxyl groups is 1. The first-order valence-electron chi connectivity index (χ1n) is 6.49. The first-order chi connectivity index (χ1) is 9.43. The van der Waals surface area contributed by atoms with Crippen molar-refractivity contribution in [2.24, 2.45) is 0 Å². The van der Waals surface area contributed by atoms with E-state index in [1.54, 1.807) is 19.1 Å². The summed E-state index contributed by atoms with van der Waals surface area (Å²) in [5.41, 5.74) is 0.224. The van der Waals surface area contributed by atoms with E-state index in [4.69, 9.17) is 11.6 Å². The number of fused-ring (bicyclic) bond motifs is 1. The second kappa shape index (κ2) is 5.77. The third kappa shape index (κ3) is 3.26. The number of nitrogens with zero attached hydrogens (tertiary/aromatic N) is 1. The van der Waals surface area contributed by atoms with Crippen LogP contribution in [0.3, 0.4) is 0 Å². The second-order valence-electron chi connectivity index (χ2n) is 5.04. The lowest BCUT2D eigenvalue weighted by Gasteiger charge is -2.21. The largest absolute Gasteiger partial charge is 0.388 e. The molecule has 0 aliphatic carbocycles. The summed E-state index contributed by atoms with van der Waals surface area (Å²) in [6.45, 7) is 3.74. The summed E-state index contributed by atoms with van der Waals surface area (Å²) in [5.74, 6) is -0.265. The molecule has 4 nitrogen and oxygen atoms in total. The zero-order valence-corrected chi connectivity index (χ0v) is 12.2. The fourth-order valence-electron chi connectivity index (χ4n) is 1.82. The van der Waals surface area contributed by atoms with Gasteiger partial charge in [0.2, 0.25) is 0 Å². The topological polar surface area (TPSA) is 62.2 Å². The lowest BCUT2D eigenvalue weighted by Crippen LogP contribution is -2.40. The van der Waals surface area contributed by atoms with E-state index >= 15 is 0 Å². The number of rotatable bonds is 4. The minimum Gasteiger partial charge on any atom is -0.388 e. The fourth-order valence-corrected chi connectivity index (χ4v) is 2.02. The van der Waals surface area contributed by atoms with Gasteiger partial charge in [-0.2, -0.15) is 0 Å². The summed E-state index contributed by atoms with van der Waals surface area (Å²) >= 11 is 5.94. The van der Waals surface area contributed by atoms with Crippen LogP contribution in [0.2, 0.25) is 5.15 Å². The third-order valence-electron chi connectivity index (χ3n) is 3.32. The fraction of sp³-hybridized carbons (Fsp3) is 0.333. The second-order valence-corrected chi connectivity index (χ2v) is 5.43. The van der Waals surface area contributed by atoms with Crippen LogP contribution in [0.5, 0.6) is 0 Å². The lowest BCUT2D eigenvalue weighted by atomic mass is 10.0. The zero-order chi connectivity index (χ0) is 14.8. The number of benzene rings is 1. The highest BCUT2D eigenvalue weighted by Crippen LogP contribution is 2.20. The average Bonchev–Trinajstić information content (AvgIpc) is 2.44. The van der Waals surface area contributed by atoms with Crippen molar-refractivity contribution < 1.29 is 9.90 Å². The molecule has 1 amide bonds. The van der Waals surface area contributed by atoms with Gasteiger partial charge in [-0.1, -0.05) is 36.7 Å². The Balaban J connectivity index is 2.30. The molecule has 2 N–H and O–H groups in total. The van der Waals surface area contributed by atoms with Crippen LogP contribution in [0.4, 0.5) is 0 Å². The molecule has 0 bridgehead atoms. The van der Waals surface area contributed by atoms with Gasteiger partial charge in [0.1, 0.15) is 5.15 Å². The summed E-state index contributed by atoms with van der Waals surface area (Å²) in [6.07, 6.45) is 0.561. The highest BCUT2D eigenvalue weighted by atomic mass is 35.5. The molecule has 0 fully saturated rings. The van der Waals surface area contributed by atoms with Crippen molar-refractivity contribution in [1.82, 2.24) is 10.3 Å². The number of nitrogens with one attached hydrogen (secondary N) is 1. The SMILES string of the molecule is CCC(C)(O)CNC(=O)c1cc(Cl)nc2ccccc12. The van der Waals surface area contributed by atoms with Gasteiger partial charge >= 0.3 is 0 Å². The number of pyridine rings is 1. The predicted octanol–water partition coefficient (Wildman–Crippen LogP) is 2.78. The maximum atomic E-state index is 12.3. The molecular weight excluding hydrogens is 276 g/mol. The molecule has 1 aromatic carbocycles. The molecule has 0 aliphatic heterocycles. The molecule has 1 unspecified atom stereocenters. The van der Waals surface area contributed by atoms with Gasteiger partial charge in [0.05, 0.1) is 16.7 Å². The number of halogens is 1. The number of amides is 1. The number of carbonyl (C=O) groups excluding carboxylic acids is 1. The van der Waals surface area contributed by atoms with Gasteiger partial charge in [-0.15, -0.1) is 0 Å². The Morgan fingerprint density at radius 2 is 2.15 bits per heavy atom. The average molecular weight is 293 g/mol. The number of hydrogen-bond donors (Lipinski definition) is 2. The Hall–Kier alpha value is -1.65. The summed E-state index contributed by atoms with van der Waals surface area (Å²) in [6, 6.07) is 8.86. The van der Waals surface area contributed by atoms with Gasteiger partial charge < -0.3 is 10.4 Å². The van der Waals surface area contributed by atoms with Crippen LogP contribution in [-0.2, 0) is 0 Å². The van der Waals surface area contributed by atoms with Crippen molar-refractivity contribution in [1.29, 1.82) is 0 Å². The molecule has 0 aliphatic rings. The van der Waals surface area contributed by atoms with E-state index in [0.29, 0.717) is 17.5 Å². The van der Waals surface area contributed by atoms with Gasteiger partial charge in [-0.05, 0) is 25.5 Å². The molecule has 1 atom stereocenters. The van der Waals surface area contributed by atoms with Crippen LogP contribution < -0.4 is 5.32 Å². The normalized spacial score (nSPS) is 14.0. The van der Waals surface area contributed by atoms with Crippen LogP contribution in [0.1, 0.15) is 30.6 Å². The molecule has 1 aromatic heterocycles. The van der Waals surface area contributed by atoms with Crippen molar-refractivity contribution >= 4 is 28.4 Å². The predicted molar refractivity (Wildman–Crippen MR) is 80.0 cm³/mol. The maximum absolute atomic E-state index is 12.3. The van der Waals surface area contributed by atoms with Gasteiger partial charge in [0.25, 0.3) is 5.91 Å². The van der Waals surface area contributed by atoms with E-state index in [1.807, 2.05) is 25.1 Å². The van der Waals surface area contributed by atoms with Crippen molar-refractivity contribution in [3.63, 3.8) is 0 Å². The Morgan fingerprint density at radius 1 is 1.45 bits per heavy atom. The van der Waals surface area contributed by atoms with Gasteiger partial charge in [0.15, 0.2) is 0 Å². The molecule has 5 heteroatoms. The maximum Gasteiger partial charge on any atom is 0.252 e. The van der Waals surface area contributed by atoms with E-state index in [-0.39, 0.29) is 17.6 Å². The van der Waals surface area contributed by atoms with Gasteiger partial charge in [-0.3, -0.25) is 4.79 Å². The Bertz CT molecular complexity index is 641. The van der Waals surface area contributed by atoms with E-state index < -0.39 is 5.60 Å². The molecule has 0 spiro atoms. The van der Waals surface area contributed by atoms with Crippen LogP contribution >= 0.6 is 11.6 Å². The van der Waals surface area contributed by atoms with Crippen LogP contribution in [0.15, 0.2) is 30.3 Å². The van der Waals surface area contributed by atoms with Crippen molar-refractivity contribution in [2.45, 2.75) is 25.9 Å². The zero-order valence-electron chi connectivity index (χ0n) is 11.5. The number of para-hydroxylation sites is 1. The van der Waals surface area contributed by atoms with Gasteiger partial charge in [0, 0.05) is 11.9 Å². The first-order valence-corrected chi connectivity index (χ1v) is 6.86. The monoisotopic (exact) mass is 292 g/mol. The summed E-state index contributed by atoms with van der Waals surface area (Å²) in [7, 11) is 0. The molecular formula is C15H17ClN2O2. The molecule has 0 saturated heterocycles. The van der Waals surface area contributed by atoms with Crippen LogP contribution in [-0.4, -0.2) is 28.1 Å². The summed E-state index contributed by atoms with van der Waals surface area (Å²) in [5, 5.41) is 13.7. The molecule has 2 rings (SSSR count). The van der Waals surface area contributed by atoms with Crippen molar-refractivity contribution in [3.05, 3.63) is 41.0 Å². The Kier molecular flexibility index (Phi) is 4.26. The highest BCUT2D eigenvalue weighted by molar-refractivity contribution is 6.30. The highest BCUT2D eigenvalue weighted by Gasteiger charge is 2.20. The molecule has 2 aromatic rings. The third-order valence-corrected chi connectivity index (χ3v) is 3.51. The summed E-state index contributed by atoms with van der Waals surface area (Å²) < 4.78 is 0. The minimum atomic E-state index is -0.914. The first kappa shape index (κ1) is 14.8. The molecule has 106 valence electrons. The molecule has 20 heavy (non-hydrogen) atoms. The van der Waals surface area contributed by atoms with Gasteiger partial charge in [-0.25, -0.2) is 4.98 Å².